The first kappa shape index (κ1) is 33.0. The lowest BCUT2D eigenvalue weighted by atomic mass is 9.75. The molecule has 4 aliphatic rings. The van der Waals surface area contributed by atoms with E-state index in [2.05, 4.69) is 22.6 Å². The summed E-state index contributed by atoms with van der Waals surface area (Å²) in [5, 5.41) is 32.5. The molecule has 0 bridgehead atoms. The van der Waals surface area contributed by atoms with Gasteiger partial charge in [-0.2, -0.15) is 0 Å². The topological polar surface area (TPSA) is 194 Å². The third kappa shape index (κ3) is 6.07. The van der Waals surface area contributed by atoms with Gasteiger partial charge in [-0.25, -0.2) is 22.8 Å². The van der Waals surface area contributed by atoms with Crippen molar-refractivity contribution in [2.75, 3.05) is 29.3 Å². The zero-order valence-corrected chi connectivity index (χ0v) is 26.2. The summed E-state index contributed by atoms with van der Waals surface area (Å²) in [6, 6.07) is 14.1. The van der Waals surface area contributed by atoms with Crippen LogP contribution in [0.2, 0.25) is 0 Å². The number of esters is 1. The molecule has 0 saturated carbocycles. The monoisotopic (exact) mass is 655 g/mol. The summed E-state index contributed by atoms with van der Waals surface area (Å²) in [7, 11) is -3.73. The van der Waals surface area contributed by atoms with Gasteiger partial charge in [0, 0.05) is 30.6 Å². The van der Waals surface area contributed by atoms with Crippen LogP contribution in [0.1, 0.15) is 44.6 Å². The van der Waals surface area contributed by atoms with E-state index in [9.17, 15) is 22.8 Å². The molecule has 6 rings (SSSR count). The van der Waals surface area contributed by atoms with Gasteiger partial charge < -0.3 is 35.0 Å². The quantitative estimate of drug-likeness (QED) is 0.248. The first-order valence-electron chi connectivity index (χ1n) is 15.1. The number of carbonyl (C=O) groups excluding carboxylic acids is 1. The molecular weight excluding hydrogens is 618 g/mol. The molecule has 1 saturated heterocycles. The van der Waals surface area contributed by atoms with Gasteiger partial charge in [-0.3, -0.25) is 4.72 Å². The second-order valence-corrected chi connectivity index (χ2v) is 13.1. The van der Waals surface area contributed by atoms with Crippen LogP contribution in [0.3, 0.4) is 0 Å². The second kappa shape index (κ2) is 13.1. The van der Waals surface area contributed by atoms with E-state index in [0.717, 1.165) is 43.6 Å². The van der Waals surface area contributed by atoms with Crippen molar-refractivity contribution < 1.29 is 48.0 Å². The van der Waals surface area contributed by atoms with Gasteiger partial charge in [-0.05, 0) is 61.6 Å². The van der Waals surface area contributed by atoms with Crippen LogP contribution in [0.4, 0.5) is 11.4 Å². The summed E-state index contributed by atoms with van der Waals surface area (Å²) in [5.74, 6) is -3.00. The Labute approximate surface area is 266 Å². The fourth-order valence-corrected chi connectivity index (χ4v) is 7.72. The predicted octanol–water partition coefficient (Wildman–Crippen LogP) is 2.69. The molecule has 5 N–H and O–H groups in total. The van der Waals surface area contributed by atoms with Crippen molar-refractivity contribution in [2.45, 2.75) is 56.1 Å². The molecule has 0 amide bonds. The molecule has 4 aliphatic heterocycles. The van der Waals surface area contributed by atoms with Crippen LogP contribution in [0.15, 0.2) is 76.6 Å². The van der Waals surface area contributed by atoms with Crippen LogP contribution in [-0.2, 0) is 29.1 Å². The van der Waals surface area contributed by atoms with E-state index in [1.165, 1.54) is 11.4 Å². The average molecular weight is 656 g/mol. The molecule has 5 atom stereocenters. The molecule has 0 aromatic heterocycles. The normalized spacial score (nSPS) is 22.3. The van der Waals surface area contributed by atoms with Crippen molar-refractivity contribution in [1.82, 2.24) is 4.90 Å². The number of nitrogens with zero attached hydrogens (tertiary/aromatic N) is 2. The van der Waals surface area contributed by atoms with Crippen molar-refractivity contribution >= 4 is 39.3 Å². The van der Waals surface area contributed by atoms with Gasteiger partial charge in [0.2, 0.25) is 0 Å². The zero-order chi connectivity index (χ0) is 33.3. The number of aliphatic carboxylic acids is 2. The fourth-order valence-electron chi connectivity index (χ4n) is 6.64. The van der Waals surface area contributed by atoms with Crippen LogP contribution in [-0.4, -0.2) is 83.6 Å². The molecule has 0 spiro atoms. The van der Waals surface area contributed by atoms with Crippen molar-refractivity contribution in [2.24, 2.45) is 11.8 Å². The lowest BCUT2D eigenvalue weighted by Gasteiger charge is -2.49. The predicted molar refractivity (Wildman–Crippen MR) is 166 cm³/mol. The number of hydrogen-bond acceptors (Lipinski definition) is 10. The van der Waals surface area contributed by atoms with Gasteiger partial charge in [-0.1, -0.05) is 37.6 Å². The Morgan fingerprint density at radius 1 is 0.957 bits per heavy atom. The molecular formula is C32H37N3O10S. The molecule has 4 heterocycles. The number of anilines is 2. The number of carboxylic acids is 2. The summed E-state index contributed by atoms with van der Waals surface area (Å²) < 4.78 is 34.2. The first-order valence-corrected chi connectivity index (χ1v) is 16.6. The SMILES string of the molecule is CCOC(=O)C1=CC2C3=C4C(CCN3CC[C@@H]2CC)c2ccc(NS(=O)(=O)c3ccccc3)cc2N14.O=C(O)C(O)C(O)C(=O)O. The van der Waals surface area contributed by atoms with Gasteiger partial charge in [0.25, 0.3) is 10.0 Å². The van der Waals surface area contributed by atoms with Gasteiger partial charge in [0.15, 0.2) is 12.2 Å². The Morgan fingerprint density at radius 3 is 2.22 bits per heavy atom. The molecule has 0 aliphatic carbocycles. The Balaban J connectivity index is 0.000000362. The Morgan fingerprint density at radius 2 is 1.61 bits per heavy atom. The molecule has 14 heteroatoms. The van der Waals surface area contributed by atoms with Crippen molar-refractivity contribution in [3.63, 3.8) is 0 Å². The highest BCUT2D eigenvalue weighted by atomic mass is 32.2. The van der Waals surface area contributed by atoms with E-state index >= 15 is 0 Å². The Bertz CT molecular complexity index is 1670. The minimum Gasteiger partial charge on any atom is -0.479 e. The van der Waals surface area contributed by atoms with E-state index < -0.39 is 34.2 Å². The number of carboxylic acid groups (broad SMARTS) is 2. The fraction of sp³-hybridized carbons (Fsp3) is 0.406. The minimum absolute atomic E-state index is 0.183. The van der Waals surface area contributed by atoms with E-state index in [1.54, 1.807) is 30.3 Å². The minimum atomic E-state index is -3.73. The van der Waals surface area contributed by atoms with Gasteiger partial charge in [0.1, 0.15) is 5.70 Å². The number of benzene rings is 2. The number of carbonyl (C=O) groups is 3. The third-order valence-corrected chi connectivity index (χ3v) is 10.2. The van der Waals surface area contributed by atoms with E-state index in [0.29, 0.717) is 23.9 Å². The Kier molecular flexibility index (Phi) is 9.42. The van der Waals surface area contributed by atoms with Crippen molar-refractivity contribution in [3.8, 4) is 0 Å². The zero-order valence-electron chi connectivity index (χ0n) is 25.4. The lowest BCUT2D eigenvalue weighted by Crippen LogP contribution is -2.47. The summed E-state index contributed by atoms with van der Waals surface area (Å²) in [6.07, 6.45) is 0.723. The smallest absolute Gasteiger partial charge is 0.354 e. The molecule has 46 heavy (non-hydrogen) atoms. The van der Waals surface area contributed by atoms with E-state index in [1.807, 2.05) is 30.0 Å². The van der Waals surface area contributed by atoms with Crippen LogP contribution < -0.4 is 9.62 Å². The van der Waals surface area contributed by atoms with Gasteiger partial charge in [0.05, 0.1) is 28.6 Å². The first-order chi connectivity index (χ1) is 21.9. The van der Waals surface area contributed by atoms with Crippen LogP contribution in [0, 0.1) is 11.8 Å². The van der Waals surface area contributed by atoms with Gasteiger partial charge >= 0.3 is 17.9 Å². The molecule has 2 aromatic carbocycles. The highest BCUT2D eigenvalue weighted by Crippen LogP contribution is 2.57. The maximum atomic E-state index is 13.2. The van der Waals surface area contributed by atoms with Crippen LogP contribution >= 0.6 is 0 Å². The number of aliphatic hydroxyl groups is 2. The summed E-state index contributed by atoms with van der Waals surface area (Å²) in [6.45, 7) is 6.38. The summed E-state index contributed by atoms with van der Waals surface area (Å²) in [4.78, 5) is 37.5. The third-order valence-electron chi connectivity index (χ3n) is 8.80. The number of nitrogens with one attached hydrogen (secondary N) is 1. The number of sulfonamides is 1. The molecule has 2 aromatic rings. The van der Waals surface area contributed by atoms with Gasteiger partial charge in [-0.15, -0.1) is 0 Å². The molecule has 13 nitrogen and oxygen atoms in total. The maximum Gasteiger partial charge on any atom is 0.354 e. The number of rotatable bonds is 9. The highest BCUT2D eigenvalue weighted by Gasteiger charge is 2.49. The molecule has 246 valence electrons. The van der Waals surface area contributed by atoms with Crippen LogP contribution in [0.5, 0.6) is 0 Å². The van der Waals surface area contributed by atoms with E-state index in [4.69, 9.17) is 25.2 Å². The number of hydrogen-bond donors (Lipinski definition) is 5. The number of piperidine rings is 1. The highest BCUT2D eigenvalue weighted by molar-refractivity contribution is 7.92. The van der Waals surface area contributed by atoms with E-state index in [-0.39, 0.29) is 22.7 Å². The van der Waals surface area contributed by atoms with Crippen LogP contribution in [0.25, 0.3) is 0 Å². The lowest BCUT2D eigenvalue weighted by molar-refractivity contribution is -0.165. The molecule has 4 unspecified atom stereocenters. The summed E-state index contributed by atoms with van der Waals surface area (Å²) >= 11 is 0. The number of fused-ring (bicyclic) bond motifs is 3. The largest absolute Gasteiger partial charge is 0.479 e. The van der Waals surface area contributed by atoms with Crippen molar-refractivity contribution in [3.05, 3.63) is 77.3 Å². The second-order valence-electron chi connectivity index (χ2n) is 11.4. The molecule has 0 radical (unpaired) electrons. The Hall–Kier alpha value is -4.40. The maximum absolute atomic E-state index is 13.2. The number of allylic oxidation sites excluding steroid dienone is 2. The summed E-state index contributed by atoms with van der Waals surface area (Å²) in [5.41, 5.74) is 5.52. The number of ether oxygens (including phenoxy) is 1. The number of aliphatic hydroxyl groups excluding tert-OH is 2. The average Bonchev–Trinajstić information content (AvgIpc) is 3.37. The standard InChI is InChI=1S/C28H31N3O4S.C4H6O6/c1-3-18-12-14-30-15-13-22-21-11-10-19(29-36(33,34)20-8-6-5-7-9-20)16-24(21)31-25(28(32)35-4-2)17-23(18)26(30)27(22)31;5-1(3(7)8)2(6)4(9)10/h5-11,16-18,22-23,29H,3-4,12-15H2,1-2H3;1-2,5-6H,(H,7,8)(H,9,10)/t18-,22?,23?;/m0./s1. The molecule has 1 fully saturated rings. The van der Waals surface area contributed by atoms with Crippen molar-refractivity contribution in [1.29, 1.82) is 0 Å².